The predicted octanol–water partition coefficient (Wildman–Crippen LogP) is 0.931. The van der Waals surface area contributed by atoms with Gasteiger partial charge in [-0.25, -0.2) is 4.79 Å². The molecule has 0 aromatic carbocycles. The molecule has 0 radical (unpaired) electrons. The maximum atomic E-state index is 11.7. The Morgan fingerprint density at radius 3 is 3.11 bits per heavy atom. The van der Waals surface area contributed by atoms with Gasteiger partial charge in [0.2, 0.25) is 0 Å². The summed E-state index contributed by atoms with van der Waals surface area (Å²) in [6, 6.07) is -0.360. The molecular weight excluding hydrogens is 238 g/mol. The third kappa shape index (κ3) is 2.56. The molecule has 100 valence electrons. The number of nitrogens with one attached hydrogen (secondary N) is 2. The van der Waals surface area contributed by atoms with Crippen LogP contribution >= 0.6 is 0 Å². The van der Waals surface area contributed by atoms with Crippen molar-refractivity contribution in [2.75, 3.05) is 19.8 Å². The predicted molar refractivity (Wildman–Crippen MR) is 63.2 cm³/mol. The molecule has 3 N–H and O–H groups in total. The first-order chi connectivity index (χ1) is 8.61. The highest BCUT2D eigenvalue weighted by Gasteiger charge is 2.35. The van der Waals surface area contributed by atoms with Gasteiger partial charge in [-0.1, -0.05) is 0 Å². The summed E-state index contributed by atoms with van der Waals surface area (Å²) in [5.41, 5.74) is 0. The zero-order valence-electron chi connectivity index (χ0n) is 10.2. The summed E-state index contributed by atoms with van der Waals surface area (Å²) in [6.07, 6.45) is 0.226. The van der Waals surface area contributed by atoms with Gasteiger partial charge in [-0.15, -0.1) is 0 Å². The number of hydrogen-bond acceptors (Lipinski definition) is 5. The number of amides is 2. The van der Waals surface area contributed by atoms with Crippen molar-refractivity contribution in [3.05, 3.63) is 11.5 Å². The fraction of sp³-hybridized carbons (Fsp3) is 0.636. The van der Waals surface area contributed by atoms with Gasteiger partial charge < -0.3 is 14.6 Å². The van der Waals surface area contributed by atoms with Gasteiger partial charge in [-0.2, -0.15) is 0 Å². The second-order valence-electron chi connectivity index (χ2n) is 4.14. The number of nitrogens with zero attached hydrogens (tertiary/aromatic N) is 1. The molecule has 0 spiro atoms. The van der Waals surface area contributed by atoms with Gasteiger partial charge in [0.15, 0.2) is 12.0 Å². The zero-order chi connectivity index (χ0) is 13.1. The monoisotopic (exact) mass is 255 g/mol. The third-order valence-corrected chi connectivity index (χ3v) is 2.87. The van der Waals surface area contributed by atoms with Crippen LogP contribution in [0.1, 0.15) is 19.8 Å². The number of hydrogen-bond donors (Lipinski definition) is 3. The largest absolute Gasteiger partial charge is 0.508 e. The Labute approximate surface area is 105 Å². The highest BCUT2D eigenvalue weighted by atomic mass is 16.6. The quantitative estimate of drug-likeness (QED) is 0.696. The smallest absolute Gasteiger partial charge is 0.325 e. The van der Waals surface area contributed by atoms with E-state index in [4.69, 9.17) is 14.9 Å². The van der Waals surface area contributed by atoms with Crippen LogP contribution in [0.25, 0.3) is 0 Å². The average molecular weight is 255 g/mol. The van der Waals surface area contributed by atoms with Gasteiger partial charge in [-0.3, -0.25) is 15.6 Å². The van der Waals surface area contributed by atoms with Crippen LogP contribution in [0.4, 0.5) is 4.79 Å². The molecule has 0 aromatic heterocycles. The summed E-state index contributed by atoms with van der Waals surface area (Å²) in [4.78, 5) is 13.2. The molecule has 7 heteroatoms. The number of carbonyl (C=O) groups is 1. The standard InChI is InChI=1S/C11H17N3O4/c1-2-17-6-8-7(15)5-10(18-8)14-4-3-9(12)13-11(14)16/h10,15H,2-6H2,1H3,(H2,12,13,16)/t10-/m1/s1. The fourth-order valence-electron chi connectivity index (χ4n) is 1.91. The lowest BCUT2D eigenvalue weighted by Gasteiger charge is -2.32. The molecule has 18 heavy (non-hydrogen) atoms. The van der Waals surface area contributed by atoms with Crippen molar-refractivity contribution < 1.29 is 19.4 Å². The Morgan fingerprint density at radius 2 is 2.44 bits per heavy atom. The number of aliphatic hydroxyl groups is 1. The summed E-state index contributed by atoms with van der Waals surface area (Å²) < 4.78 is 10.7. The zero-order valence-corrected chi connectivity index (χ0v) is 10.2. The molecule has 2 amide bonds. The molecule has 0 unspecified atom stereocenters. The number of aliphatic hydroxyl groups excluding tert-OH is 1. The van der Waals surface area contributed by atoms with Crippen LogP contribution in [-0.4, -0.2) is 47.9 Å². The summed E-state index contributed by atoms with van der Waals surface area (Å²) >= 11 is 0. The lowest BCUT2D eigenvalue weighted by molar-refractivity contribution is 0.00267. The molecule has 2 heterocycles. The lowest BCUT2D eigenvalue weighted by Crippen LogP contribution is -2.53. The second-order valence-corrected chi connectivity index (χ2v) is 4.14. The number of carbonyl (C=O) groups excluding carboxylic acids is 1. The molecule has 2 aliphatic heterocycles. The van der Waals surface area contributed by atoms with E-state index in [9.17, 15) is 9.90 Å². The van der Waals surface area contributed by atoms with Crippen molar-refractivity contribution in [2.24, 2.45) is 0 Å². The van der Waals surface area contributed by atoms with Gasteiger partial charge in [-0.05, 0) is 6.92 Å². The van der Waals surface area contributed by atoms with Gasteiger partial charge in [0.25, 0.3) is 0 Å². The minimum Gasteiger partial charge on any atom is -0.508 e. The Morgan fingerprint density at radius 1 is 1.67 bits per heavy atom. The van der Waals surface area contributed by atoms with Gasteiger partial charge >= 0.3 is 6.03 Å². The van der Waals surface area contributed by atoms with E-state index in [2.05, 4.69) is 5.32 Å². The minimum atomic E-state index is -0.506. The topological polar surface area (TPSA) is 94.9 Å². The van der Waals surface area contributed by atoms with E-state index < -0.39 is 6.23 Å². The van der Waals surface area contributed by atoms with Crippen LogP contribution in [0.15, 0.2) is 11.5 Å². The maximum absolute atomic E-state index is 11.7. The molecule has 1 atom stereocenters. The first-order valence-corrected chi connectivity index (χ1v) is 5.92. The Kier molecular flexibility index (Phi) is 3.71. The molecule has 0 saturated carbocycles. The van der Waals surface area contributed by atoms with Crippen molar-refractivity contribution in [3.8, 4) is 0 Å². The fourth-order valence-corrected chi connectivity index (χ4v) is 1.91. The van der Waals surface area contributed by atoms with E-state index in [0.717, 1.165) is 0 Å². The van der Waals surface area contributed by atoms with Crippen molar-refractivity contribution in [1.29, 1.82) is 5.41 Å². The second kappa shape index (κ2) is 5.26. The van der Waals surface area contributed by atoms with Gasteiger partial charge in [0.05, 0.1) is 6.42 Å². The molecule has 2 rings (SSSR count). The van der Waals surface area contributed by atoms with E-state index in [0.29, 0.717) is 25.3 Å². The van der Waals surface area contributed by atoms with E-state index in [1.165, 1.54) is 4.90 Å². The number of amidine groups is 1. The summed E-state index contributed by atoms with van der Waals surface area (Å²) in [5, 5.41) is 19.5. The molecule has 1 fully saturated rings. The van der Waals surface area contributed by atoms with Crippen molar-refractivity contribution in [3.63, 3.8) is 0 Å². The van der Waals surface area contributed by atoms with Crippen molar-refractivity contribution >= 4 is 11.9 Å². The van der Waals surface area contributed by atoms with Gasteiger partial charge in [0, 0.05) is 19.6 Å². The normalized spacial score (nSPS) is 24.3. The van der Waals surface area contributed by atoms with Gasteiger partial charge in [0.1, 0.15) is 18.2 Å². The number of ether oxygens (including phenoxy) is 2. The summed E-state index contributed by atoms with van der Waals surface area (Å²) in [5.74, 6) is 0.721. The first-order valence-electron chi connectivity index (χ1n) is 5.92. The summed E-state index contributed by atoms with van der Waals surface area (Å²) in [7, 11) is 0. The summed E-state index contributed by atoms with van der Waals surface area (Å²) in [6.45, 7) is 3.02. The number of rotatable bonds is 4. The van der Waals surface area contributed by atoms with Crippen LogP contribution in [-0.2, 0) is 9.47 Å². The molecule has 2 aliphatic rings. The maximum Gasteiger partial charge on any atom is 0.325 e. The Balaban J connectivity index is 1.93. The Hall–Kier alpha value is -1.76. The van der Waals surface area contributed by atoms with Crippen LogP contribution < -0.4 is 5.32 Å². The highest BCUT2D eigenvalue weighted by Crippen LogP contribution is 2.26. The third-order valence-electron chi connectivity index (χ3n) is 2.87. The highest BCUT2D eigenvalue weighted by molar-refractivity contribution is 5.98. The van der Waals surface area contributed by atoms with Crippen LogP contribution in [0, 0.1) is 5.41 Å². The number of urea groups is 1. The van der Waals surface area contributed by atoms with Crippen LogP contribution in [0.2, 0.25) is 0 Å². The molecule has 1 saturated heterocycles. The minimum absolute atomic E-state index is 0.127. The molecule has 0 aliphatic carbocycles. The van der Waals surface area contributed by atoms with E-state index >= 15 is 0 Å². The van der Waals surface area contributed by atoms with E-state index in [1.54, 1.807) is 0 Å². The molecular formula is C11H17N3O4. The van der Waals surface area contributed by atoms with Crippen LogP contribution in [0.3, 0.4) is 0 Å². The van der Waals surface area contributed by atoms with Crippen molar-refractivity contribution in [1.82, 2.24) is 10.2 Å². The SMILES string of the molecule is CCOCC1=C(O)C[C@H](N2CCC(=N)NC2=O)O1. The van der Waals surface area contributed by atoms with E-state index in [1.807, 2.05) is 6.92 Å². The van der Waals surface area contributed by atoms with Crippen LogP contribution in [0.5, 0.6) is 0 Å². The Bertz CT molecular complexity index is 394. The van der Waals surface area contributed by atoms with E-state index in [-0.39, 0.29) is 30.7 Å². The molecule has 0 bridgehead atoms. The lowest BCUT2D eigenvalue weighted by atomic mass is 10.2. The average Bonchev–Trinajstić information content (AvgIpc) is 2.68. The first kappa shape index (κ1) is 12.7. The molecule has 7 nitrogen and oxygen atoms in total. The molecule has 0 aromatic rings. The van der Waals surface area contributed by atoms with Crippen molar-refractivity contribution in [2.45, 2.75) is 26.0 Å².